The lowest BCUT2D eigenvalue weighted by atomic mass is 9.83. The molecule has 156 valence electrons. The van der Waals surface area contributed by atoms with Crippen LogP contribution in [0.5, 0.6) is 0 Å². The lowest BCUT2D eigenvalue weighted by molar-refractivity contribution is 0.0923. The molecule has 0 bridgehead atoms. The van der Waals surface area contributed by atoms with E-state index in [1.165, 1.54) is 48.3 Å². The number of hydrogen-bond donors (Lipinski definition) is 1. The Bertz CT molecular complexity index is 1080. The molecule has 2 aromatic heterocycles. The number of fused-ring (bicyclic) bond motifs is 1. The molecular weight excluding hydrogens is 374 g/mol. The van der Waals surface area contributed by atoms with Gasteiger partial charge >= 0.3 is 0 Å². The third-order valence-electron chi connectivity index (χ3n) is 6.18. The summed E-state index contributed by atoms with van der Waals surface area (Å²) >= 11 is 0. The van der Waals surface area contributed by atoms with Gasteiger partial charge in [-0.25, -0.2) is 4.98 Å². The summed E-state index contributed by atoms with van der Waals surface area (Å²) < 4.78 is 1.40. The van der Waals surface area contributed by atoms with Crippen LogP contribution in [0.25, 0.3) is 5.65 Å². The van der Waals surface area contributed by atoms with Gasteiger partial charge in [-0.1, -0.05) is 63.4 Å². The minimum Gasteiger partial charge on any atom is -0.345 e. The first-order chi connectivity index (χ1) is 14.5. The minimum absolute atomic E-state index is 0.0585. The molecule has 4 rings (SSSR count). The number of rotatable bonds is 5. The predicted molar refractivity (Wildman–Crippen MR) is 119 cm³/mol. The van der Waals surface area contributed by atoms with Crippen molar-refractivity contribution in [3.8, 4) is 0 Å². The summed E-state index contributed by atoms with van der Waals surface area (Å²) in [4.78, 5) is 29.9. The predicted octanol–water partition coefficient (Wildman–Crippen LogP) is 4.87. The second kappa shape index (κ2) is 8.82. The topological polar surface area (TPSA) is 63.5 Å². The number of carbonyl (C=O) groups is 1. The van der Waals surface area contributed by atoms with E-state index in [-0.39, 0.29) is 29.0 Å². The average molecular weight is 404 g/mol. The van der Waals surface area contributed by atoms with E-state index in [0.29, 0.717) is 11.6 Å². The van der Waals surface area contributed by atoms with E-state index in [9.17, 15) is 9.59 Å². The van der Waals surface area contributed by atoms with Crippen molar-refractivity contribution in [2.24, 2.45) is 5.92 Å². The highest BCUT2D eigenvalue weighted by Gasteiger charge is 2.22. The molecule has 0 radical (unpaired) electrons. The minimum atomic E-state index is -0.388. The van der Waals surface area contributed by atoms with Gasteiger partial charge in [0.05, 0.1) is 6.04 Å². The Kier molecular flexibility index (Phi) is 5.98. The molecule has 5 heteroatoms. The lowest BCUT2D eigenvalue weighted by Gasteiger charge is -2.25. The van der Waals surface area contributed by atoms with Gasteiger partial charge in [0, 0.05) is 12.4 Å². The molecule has 1 aromatic carbocycles. The zero-order valence-corrected chi connectivity index (χ0v) is 17.7. The van der Waals surface area contributed by atoms with Gasteiger partial charge in [0.1, 0.15) is 11.2 Å². The van der Waals surface area contributed by atoms with Crippen molar-refractivity contribution in [1.82, 2.24) is 14.7 Å². The molecule has 1 N–H and O–H groups in total. The van der Waals surface area contributed by atoms with Crippen LogP contribution in [0.1, 0.15) is 79.4 Å². The molecule has 0 saturated heterocycles. The van der Waals surface area contributed by atoms with E-state index in [1.807, 2.05) is 6.07 Å². The van der Waals surface area contributed by atoms with Crippen LogP contribution in [-0.4, -0.2) is 15.3 Å². The molecule has 0 spiro atoms. The van der Waals surface area contributed by atoms with Crippen molar-refractivity contribution in [2.75, 3.05) is 0 Å². The van der Waals surface area contributed by atoms with Crippen LogP contribution in [-0.2, 0) is 0 Å². The molecule has 1 amide bonds. The second-order valence-electron chi connectivity index (χ2n) is 8.60. The van der Waals surface area contributed by atoms with Gasteiger partial charge < -0.3 is 5.32 Å². The number of hydrogen-bond acceptors (Lipinski definition) is 3. The van der Waals surface area contributed by atoms with Crippen LogP contribution in [0.2, 0.25) is 0 Å². The van der Waals surface area contributed by atoms with E-state index in [4.69, 9.17) is 0 Å². The van der Waals surface area contributed by atoms with E-state index in [2.05, 4.69) is 48.4 Å². The quantitative estimate of drug-likeness (QED) is 0.661. The first-order valence-electron chi connectivity index (χ1n) is 10.9. The molecule has 1 fully saturated rings. The largest absolute Gasteiger partial charge is 0.345 e. The van der Waals surface area contributed by atoms with Crippen molar-refractivity contribution < 1.29 is 4.79 Å². The van der Waals surface area contributed by atoms with Crippen molar-refractivity contribution in [1.29, 1.82) is 0 Å². The number of aromatic nitrogens is 2. The summed E-state index contributed by atoms with van der Waals surface area (Å²) in [6.07, 6.45) is 9.51. The van der Waals surface area contributed by atoms with Crippen LogP contribution in [0.15, 0.2) is 59.7 Å². The smallest absolute Gasteiger partial charge is 0.270 e. The molecule has 1 aliphatic rings. The molecule has 1 saturated carbocycles. The summed E-state index contributed by atoms with van der Waals surface area (Å²) in [5.41, 5.74) is 2.69. The van der Waals surface area contributed by atoms with E-state index in [0.717, 1.165) is 5.56 Å². The van der Waals surface area contributed by atoms with Crippen molar-refractivity contribution in [3.05, 3.63) is 81.9 Å². The monoisotopic (exact) mass is 403 g/mol. The molecule has 5 nitrogen and oxygen atoms in total. The molecular formula is C25H29N3O2. The van der Waals surface area contributed by atoms with Gasteiger partial charge in [-0.2, -0.15) is 0 Å². The first-order valence-corrected chi connectivity index (χ1v) is 10.9. The number of benzene rings is 1. The SMILES string of the molecule is CC(C)C(NC(=O)c1cnc2ccccn2c1=O)c1ccc(C2CCCCC2)cc1. The maximum absolute atomic E-state index is 12.9. The third kappa shape index (κ3) is 4.16. The summed E-state index contributed by atoms with van der Waals surface area (Å²) in [5, 5.41) is 3.06. The standard InChI is InChI=1S/C25H29N3O2/c1-17(2)23(20-13-11-19(12-14-20)18-8-4-3-5-9-18)27-24(29)21-16-26-22-10-6-7-15-28(22)25(21)30/h6-7,10-18,23H,3-5,8-9H2,1-2H3,(H,27,29). The summed E-state index contributed by atoms with van der Waals surface area (Å²) in [5.74, 6) is 0.454. The molecule has 30 heavy (non-hydrogen) atoms. The second-order valence-corrected chi connectivity index (χ2v) is 8.60. The van der Waals surface area contributed by atoms with E-state index in [1.54, 1.807) is 18.3 Å². The Morgan fingerprint density at radius 3 is 2.50 bits per heavy atom. The Morgan fingerprint density at radius 1 is 1.07 bits per heavy atom. The Hall–Kier alpha value is -2.95. The number of nitrogens with one attached hydrogen (secondary N) is 1. The number of pyridine rings is 1. The van der Waals surface area contributed by atoms with Crippen LogP contribution in [0, 0.1) is 5.92 Å². The van der Waals surface area contributed by atoms with Gasteiger partial charge in [-0.3, -0.25) is 14.0 Å². The zero-order valence-electron chi connectivity index (χ0n) is 17.7. The molecule has 0 aliphatic heterocycles. The van der Waals surface area contributed by atoms with Crippen LogP contribution in [0.3, 0.4) is 0 Å². The van der Waals surface area contributed by atoms with E-state index < -0.39 is 0 Å². The highest BCUT2D eigenvalue weighted by molar-refractivity contribution is 5.94. The molecule has 1 atom stereocenters. The van der Waals surface area contributed by atoms with Crippen molar-refractivity contribution in [3.63, 3.8) is 0 Å². The maximum Gasteiger partial charge on any atom is 0.270 e. The van der Waals surface area contributed by atoms with Gasteiger partial charge in [0.25, 0.3) is 11.5 Å². The summed E-state index contributed by atoms with van der Waals surface area (Å²) in [6.45, 7) is 4.15. The number of nitrogens with zero attached hydrogens (tertiary/aromatic N) is 2. The van der Waals surface area contributed by atoms with Crippen molar-refractivity contribution in [2.45, 2.75) is 57.9 Å². The molecule has 1 aliphatic carbocycles. The fourth-order valence-electron chi connectivity index (χ4n) is 4.45. The highest BCUT2D eigenvalue weighted by atomic mass is 16.2. The Labute approximate surface area is 177 Å². The normalized spacial score (nSPS) is 16.0. The van der Waals surface area contributed by atoms with E-state index >= 15 is 0 Å². The molecule has 1 unspecified atom stereocenters. The summed E-state index contributed by atoms with van der Waals surface area (Å²) in [7, 11) is 0. The first kappa shape index (κ1) is 20.3. The maximum atomic E-state index is 12.9. The van der Waals surface area contributed by atoms with Gasteiger partial charge in [-0.15, -0.1) is 0 Å². The fraction of sp³-hybridized carbons (Fsp3) is 0.400. The van der Waals surface area contributed by atoms with Gasteiger partial charge in [-0.05, 0) is 47.9 Å². The van der Waals surface area contributed by atoms with Gasteiger partial charge in [0.15, 0.2) is 0 Å². The molecule has 2 heterocycles. The zero-order chi connectivity index (χ0) is 21.1. The third-order valence-corrected chi connectivity index (χ3v) is 6.18. The average Bonchev–Trinajstić information content (AvgIpc) is 2.78. The summed E-state index contributed by atoms with van der Waals surface area (Å²) in [6, 6.07) is 13.8. The van der Waals surface area contributed by atoms with Gasteiger partial charge in [0.2, 0.25) is 0 Å². The van der Waals surface area contributed by atoms with Crippen LogP contribution in [0.4, 0.5) is 0 Å². The fourth-order valence-corrected chi connectivity index (χ4v) is 4.45. The Morgan fingerprint density at radius 2 is 1.80 bits per heavy atom. The highest BCUT2D eigenvalue weighted by Crippen LogP contribution is 2.33. The van der Waals surface area contributed by atoms with Crippen molar-refractivity contribution >= 4 is 11.6 Å². The number of amides is 1. The molecule has 3 aromatic rings. The number of carbonyl (C=O) groups excluding carboxylic acids is 1. The van der Waals surface area contributed by atoms with Crippen LogP contribution < -0.4 is 10.9 Å². The van der Waals surface area contributed by atoms with Crippen LogP contribution >= 0.6 is 0 Å². The lowest BCUT2D eigenvalue weighted by Crippen LogP contribution is -2.36. The Balaban J connectivity index is 1.56.